The molecule has 1 amide bonds. The van der Waals surface area contributed by atoms with Gasteiger partial charge in [0.1, 0.15) is 17.7 Å². The number of carbonyl (C=O) groups excluding carboxylic acids is 1. The fraction of sp³-hybridized carbons (Fsp3) is 0.250. The van der Waals surface area contributed by atoms with Gasteiger partial charge in [0.05, 0.1) is 11.7 Å². The number of hydrogen-bond donors (Lipinski definition) is 2. The first-order valence-electron chi connectivity index (χ1n) is 5.80. The normalized spacial score (nSPS) is 12.2. The smallest absolute Gasteiger partial charge is 0.257 e. The number of aryl methyl sites for hydroxylation is 1. The van der Waals surface area contributed by atoms with E-state index >= 15 is 0 Å². The lowest BCUT2D eigenvalue weighted by Crippen LogP contribution is -2.30. The summed E-state index contributed by atoms with van der Waals surface area (Å²) in [6, 6.07) is 1.45. The Kier molecular flexibility index (Phi) is 3.64. The molecule has 2 aromatic rings. The minimum absolute atomic E-state index is 0.289. The quantitative estimate of drug-likeness (QED) is 0.827. The van der Waals surface area contributed by atoms with Crippen molar-refractivity contribution in [2.45, 2.75) is 13.0 Å². The maximum atomic E-state index is 13.7. The minimum atomic E-state index is -1.08. The molecular weight excluding hydrogens is 268 g/mol. The van der Waals surface area contributed by atoms with Gasteiger partial charge in [-0.15, -0.1) is 10.2 Å². The molecule has 0 aliphatic carbocycles. The predicted molar refractivity (Wildman–Crippen MR) is 67.7 cm³/mol. The van der Waals surface area contributed by atoms with Crippen molar-refractivity contribution in [1.29, 1.82) is 0 Å². The van der Waals surface area contributed by atoms with Crippen LogP contribution in [0.25, 0.3) is 0 Å². The Bertz CT molecular complexity index is 655. The van der Waals surface area contributed by atoms with Crippen LogP contribution in [0, 0.1) is 11.6 Å². The van der Waals surface area contributed by atoms with E-state index < -0.39 is 29.1 Å². The zero-order valence-electron chi connectivity index (χ0n) is 10.9. The Morgan fingerprint density at radius 1 is 1.45 bits per heavy atom. The average molecular weight is 281 g/mol. The largest absolute Gasteiger partial charge is 0.396 e. The van der Waals surface area contributed by atoms with Gasteiger partial charge in [-0.1, -0.05) is 0 Å². The van der Waals surface area contributed by atoms with Gasteiger partial charge in [0, 0.05) is 7.05 Å². The van der Waals surface area contributed by atoms with E-state index in [2.05, 4.69) is 15.5 Å². The van der Waals surface area contributed by atoms with E-state index in [0.29, 0.717) is 5.82 Å². The van der Waals surface area contributed by atoms with Gasteiger partial charge in [-0.25, -0.2) is 8.78 Å². The highest BCUT2D eigenvalue weighted by Crippen LogP contribution is 2.19. The van der Waals surface area contributed by atoms with Crippen LogP contribution in [0.15, 0.2) is 18.5 Å². The molecule has 1 atom stereocenters. The first kappa shape index (κ1) is 13.9. The Morgan fingerprint density at radius 3 is 2.75 bits per heavy atom. The Balaban J connectivity index is 2.25. The maximum absolute atomic E-state index is 13.7. The lowest BCUT2D eigenvalue weighted by molar-refractivity contribution is 0.0929. The van der Waals surface area contributed by atoms with Crippen molar-refractivity contribution in [1.82, 2.24) is 20.1 Å². The van der Waals surface area contributed by atoms with Gasteiger partial charge in [0.15, 0.2) is 11.6 Å². The Labute approximate surface area is 113 Å². The van der Waals surface area contributed by atoms with Crippen molar-refractivity contribution >= 4 is 11.6 Å². The average Bonchev–Trinajstić information content (AvgIpc) is 2.80. The molecule has 6 nitrogen and oxygen atoms in total. The standard InChI is InChI=1S/C12H13F2N5O/c1-6(11-18-16-5-19(11)2)17-12(20)9-7(13)3-4-8(15)10(9)14/h3-6H,15H2,1-2H3,(H,17,20). The molecule has 8 heteroatoms. The van der Waals surface area contributed by atoms with Crippen molar-refractivity contribution in [2.75, 3.05) is 5.73 Å². The van der Waals surface area contributed by atoms with Crippen LogP contribution in [0.1, 0.15) is 29.1 Å². The van der Waals surface area contributed by atoms with Crippen LogP contribution in [0.4, 0.5) is 14.5 Å². The van der Waals surface area contributed by atoms with Crippen molar-refractivity contribution < 1.29 is 13.6 Å². The minimum Gasteiger partial charge on any atom is -0.396 e. The van der Waals surface area contributed by atoms with Crippen LogP contribution in [-0.2, 0) is 7.05 Å². The predicted octanol–water partition coefficient (Wildman–Crippen LogP) is 1.17. The zero-order valence-corrected chi connectivity index (χ0v) is 10.9. The number of carbonyl (C=O) groups is 1. The summed E-state index contributed by atoms with van der Waals surface area (Å²) in [5.74, 6) is -2.49. The van der Waals surface area contributed by atoms with Crippen LogP contribution in [0.3, 0.4) is 0 Å². The third kappa shape index (κ3) is 2.44. The third-order valence-electron chi connectivity index (χ3n) is 2.83. The van der Waals surface area contributed by atoms with Gasteiger partial charge >= 0.3 is 0 Å². The van der Waals surface area contributed by atoms with Crippen molar-refractivity contribution in [3.63, 3.8) is 0 Å². The number of nitrogens with zero attached hydrogens (tertiary/aromatic N) is 3. The Morgan fingerprint density at radius 2 is 2.15 bits per heavy atom. The molecule has 20 heavy (non-hydrogen) atoms. The molecule has 0 aliphatic heterocycles. The molecule has 0 fully saturated rings. The molecule has 1 unspecified atom stereocenters. The van der Waals surface area contributed by atoms with E-state index in [9.17, 15) is 13.6 Å². The molecule has 1 heterocycles. The molecule has 1 aromatic carbocycles. The first-order chi connectivity index (χ1) is 9.41. The highest BCUT2D eigenvalue weighted by atomic mass is 19.1. The number of benzene rings is 1. The molecule has 0 spiro atoms. The monoisotopic (exact) mass is 281 g/mol. The first-order valence-corrected chi connectivity index (χ1v) is 5.80. The number of hydrogen-bond acceptors (Lipinski definition) is 4. The van der Waals surface area contributed by atoms with E-state index in [1.165, 1.54) is 6.33 Å². The van der Waals surface area contributed by atoms with E-state index in [-0.39, 0.29) is 5.69 Å². The molecule has 1 aromatic heterocycles. The van der Waals surface area contributed by atoms with Gasteiger partial charge < -0.3 is 15.6 Å². The van der Waals surface area contributed by atoms with E-state index in [1.54, 1.807) is 18.5 Å². The number of aromatic nitrogens is 3. The fourth-order valence-corrected chi connectivity index (χ4v) is 1.79. The summed E-state index contributed by atoms with van der Waals surface area (Å²) in [5.41, 5.74) is 4.33. The Hall–Kier alpha value is -2.51. The van der Waals surface area contributed by atoms with E-state index in [4.69, 9.17) is 5.73 Å². The molecule has 3 N–H and O–H groups in total. The topological polar surface area (TPSA) is 85.8 Å². The van der Waals surface area contributed by atoms with Crippen molar-refractivity contribution in [2.24, 2.45) is 7.05 Å². The number of nitrogens with one attached hydrogen (secondary N) is 1. The van der Waals surface area contributed by atoms with E-state index in [1.807, 2.05) is 0 Å². The molecule has 106 valence electrons. The van der Waals surface area contributed by atoms with Crippen molar-refractivity contribution in [3.05, 3.63) is 41.5 Å². The molecule has 0 bridgehead atoms. The van der Waals surface area contributed by atoms with Gasteiger partial charge in [-0.3, -0.25) is 4.79 Å². The summed E-state index contributed by atoms with van der Waals surface area (Å²) >= 11 is 0. The molecule has 0 radical (unpaired) electrons. The molecule has 0 saturated heterocycles. The number of halogens is 2. The summed E-state index contributed by atoms with van der Waals surface area (Å²) < 4.78 is 28.9. The lowest BCUT2D eigenvalue weighted by atomic mass is 10.1. The van der Waals surface area contributed by atoms with Crippen LogP contribution in [0.2, 0.25) is 0 Å². The maximum Gasteiger partial charge on any atom is 0.257 e. The van der Waals surface area contributed by atoms with Crippen LogP contribution >= 0.6 is 0 Å². The fourth-order valence-electron chi connectivity index (χ4n) is 1.79. The highest BCUT2D eigenvalue weighted by Gasteiger charge is 2.22. The second-order valence-corrected chi connectivity index (χ2v) is 4.32. The SMILES string of the molecule is CC(NC(=O)c1c(F)ccc(N)c1F)c1nncn1C. The summed E-state index contributed by atoms with van der Waals surface area (Å²) in [5, 5.41) is 9.93. The van der Waals surface area contributed by atoms with Gasteiger partial charge in [-0.2, -0.15) is 0 Å². The summed E-state index contributed by atoms with van der Waals surface area (Å²) in [7, 11) is 1.69. The third-order valence-corrected chi connectivity index (χ3v) is 2.83. The van der Waals surface area contributed by atoms with Crippen molar-refractivity contribution in [3.8, 4) is 0 Å². The number of anilines is 1. The highest BCUT2D eigenvalue weighted by molar-refractivity contribution is 5.95. The van der Waals surface area contributed by atoms with Crippen LogP contribution in [0.5, 0.6) is 0 Å². The summed E-state index contributed by atoms with van der Waals surface area (Å²) in [6.07, 6.45) is 1.46. The molecule has 0 saturated carbocycles. The van der Waals surface area contributed by atoms with Gasteiger partial charge in [0.2, 0.25) is 0 Å². The van der Waals surface area contributed by atoms with Gasteiger partial charge in [-0.05, 0) is 19.1 Å². The number of nitrogens with two attached hydrogens (primary N) is 1. The van der Waals surface area contributed by atoms with Crippen LogP contribution < -0.4 is 11.1 Å². The van der Waals surface area contributed by atoms with Gasteiger partial charge in [0.25, 0.3) is 5.91 Å². The lowest BCUT2D eigenvalue weighted by Gasteiger charge is -2.14. The van der Waals surface area contributed by atoms with Crippen LogP contribution in [-0.4, -0.2) is 20.7 Å². The molecule has 2 rings (SSSR count). The number of nitrogen functional groups attached to an aromatic ring is 1. The second kappa shape index (κ2) is 5.24. The summed E-state index contributed by atoms with van der Waals surface area (Å²) in [6.45, 7) is 1.63. The van der Waals surface area contributed by atoms with E-state index in [0.717, 1.165) is 12.1 Å². The molecule has 0 aliphatic rings. The summed E-state index contributed by atoms with van der Waals surface area (Å²) in [4.78, 5) is 12.0. The molecular formula is C12H13F2N5O. The number of rotatable bonds is 3. The zero-order chi connectivity index (χ0) is 14.9. The number of amides is 1. The second-order valence-electron chi connectivity index (χ2n) is 4.32.